The van der Waals surface area contributed by atoms with E-state index in [9.17, 15) is 4.79 Å². The number of rotatable bonds is 5. The van der Waals surface area contributed by atoms with E-state index in [1.807, 2.05) is 43.5 Å². The van der Waals surface area contributed by atoms with E-state index in [1.165, 1.54) is 0 Å². The average Bonchev–Trinajstić information content (AvgIpc) is 2.64. The number of likely N-dealkylation sites (tertiary alicyclic amines) is 1. The molecule has 1 aliphatic rings. The van der Waals surface area contributed by atoms with Crippen molar-refractivity contribution in [1.82, 2.24) is 15.2 Å². The van der Waals surface area contributed by atoms with Gasteiger partial charge in [0.25, 0.3) is 0 Å². The molecule has 0 aliphatic carbocycles. The molecule has 2 aromatic rings. The quantitative estimate of drug-likeness (QED) is 0.919. The Hall–Kier alpha value is -2.20. The number of carbonyl (C=O) groups excluding carboxylic acids is 1. The maximum atomic E-state index is 12.5. The number of hydrogen-bond donors (Lipinski definition) is 1. The zero-order valence-electron chi connectivity index (χ0n) is 14.2. The number of nitrogens with zero attached hydrogens (tertiary/aromatic N) is 2. The molecular formula is C20H25N3O. The van der Waals surface area contributed by atoms with Crippen molar-refractivity contribution in [2.45, 2.75) is 32.4 Å². The minimum absolute atomic E-state index is 0.0604. The van der Waals surface area contributed by atoms with Gasteiger partial charge >= 0.3 is 0 Å². The Morgan fingerprint density at radius 1 is 1.17 bits per heavy atom. The van der Waals surface area contributed by atoms with Gasteiger partial charge in [0.15, 0.2) is 0 Å². The zero-order valence-corrected chi connectivity index (χ0v) is 14.2. The van der Waals surface area contributed by atoms with Gasteiger partial charge < -0.3 is 5.32 Å². The summed E-state index contributed by atoms with van der Waals surface area (Å²) in [6.45, 7) is 4.82. The van der Waals surface area contributed by atoms with E-state index in [-0.39, 0.29) is 17.9 Å². The van der Waals surface area contributed by atoms with Crippen molar-refractivity contribution in [3.63, 3.8) is 0 Å². The molecular weight excluding hydrogens is 298 g/mol. The van der Waals surface area contributed by atoms with Crippen LogP contribution in [0.2, 0.25) is 0 Å². The highest BCUT2D eigenvalue weighted by atomic mass is 16.1. The Kier molecular flexibility index (Phi) is 5.59. The number of aromatic nitrogens is 1. The van der Waals surface area contributed by atoms with Gasteiger partial charge in [-0.05, 0) is 50.6 Å². The van der Waals surface area contributed by atoms with Crippen LogP contribution in [0.1, 0.15) is 37.1 Å². The van der Waals surface area contributed by atoms with E-state index in [0.29, 0.717) is 0 Å². The standard InChI is InChI=1S/C20H25N3O/c1-16(17-7-3-2-4-8-17)22-20(24)18-10-13-23(14-11-18)15-19-9-5-6-12-21-19/h2-9,12,16,18H,10-11,13-15H2,1H3,(H,22,24)/t16-/m1/s1. The van der Waals surface area contributed by atoms with Crippen molar-refractivity contribution < 1.29 is 4.79 Å². The maximum Gasteiger partial charge on any atom is 0.223 e. The molecule has 1 aromatic carbocycles. The average molecular weight is 323 g/mol. The van der Waals surface area contributed by atoms with Gasteiger partial charge in [-0.25, -0.2) is 0 Å². The summed E-state index contributed by atoms with van der Waals surface area (Å²) in [4.78, 5) is 19.3. The molecule has 0 spiro atoms. The van der Waals surface area contributed by atoms with Gasteiger partial charge in [0.05, 0.1) is 11.7 Å². The van der Waals surface area contributed by atoms with E-state index in [2.05, 4.69) is 33.4 Å². The number of benzene rings is 1. The molecule has 1 saturated heterocycles. The first-order valence-corrected chi connectivity index (χ1v) is 8.70. The van der Waals surface area contributed by atoms with Gasteiger partial charge in [-0.15, -0.1) is 0 Å². The van der Waals surface area contributed by atoms with Crippen LogP contribution in [0.3, 0.4) is 0 Å². The highest BCUT2D eigenvalue weighted by Gasteiger charge is 2.26. The van der Waals surface area contributed by atoms with Crippen molar-refractivity contribution >= 4 is 5.91 Å². The molecule has 1 atom stereocenters. The smallest absolute Gasteiger partial charge is 0.223 e. The molecule has 0 radical (unpaired) electrons. The first-order valence-electron chi connectivity index (χ1n) is 8.70. The molecule has 2 heterocycles. The summed E-state index contributed by atoms with van der Waals surface area (Å²) < 4.78 is 0. The highest BCUT2D eigenvalue weighted by molar-refractivity contribution is 5.79. The minimum atomic E-state index is 0.0604. The largest absolute Gasteiger partial charge is 0.349 e. The molecule has 4 nitrogen and oxygen atoms in total. The van der Waals surface area contributed by atoms with Crippen molar-refractivity contribution in [1.29, 1.82) is 0 Å². The Balaban J connectivity index is 1.47. The van der Waals surface area contributed by atoms with Crippen LogP contribution in [0.25, 0.3) is 0 Å². The molecule has 1 N–H and O–H groups in total. The second-order valence-corrected chi connectivity index (χ2v) is 6.51. The fraction of sp³-hybridized carbons (Fsp3) is 0.400. The van der Waals surface area contributed by atoms with Crippen LogP contribution in [-0.4, -0.2) is 28.9 Å². The van der Waals surface area contributed by atoms with Crippen molar-refractivity contribution in [2.24, 2.45) is 5.92 Å². The molecule has 1 amide bonds. The molecule has 3 rings (SSSR count). The minimum Gasteiger partial charge on any atom is -0.349 e. The van der Waals surface area contributed by atoms with E-state index in [4.69, 9.17) is 0 Å². The molecule has 1 aromatic heterocycles. The van der Waals surface area contributed by atoms with E-state index in [1.54, 1.807) is 0 Å². The van der Waals surface area contributed by atoms with Crippen LogP contribution in [0.5, 0.6) is 0 Å². The Labute approximate surface area is 143 Å². The summed E-state index contributed by atoms with van der Waals surface area (Å²) in [7, 11) is 0. The Morgan fingerprint density at radius 3 is 2.54 bits per heavy atom. The third-order valence-corrected chi connectivity index (χ3v) is 4.73. The fourth-order valence-electron chi connectivity index (χ4n) is 3.23. The topological polar surface area (TPSA) is 45.2 Å². The molecule has 126 valence electrons. The monoisotopic (exact) mass is 323 g/mol. The van der Waals surface area contributed by atoms with Crippen LogP contribution < -0.4 is 5.32 Å². The zero-order chi connectivity index (χ0) is 16.8. The summed E-state index contributed by atoms with van der Waals surface area (Å²) in [5, 5.41) is 3.16. The van der Waals surface area contributed by atoms with Gasteiger partial charge in [-0.1, -0.05) is 36.4 Å². The number of pyridine rings is 1. The number of piperidine rings is 1. The van der Waals surface area contributed by atoms with Crippen LogP contribution in [0.4, 0.5) is 0 Å². The molecule has 0 saturated carbocycles. The number of hydrogen-bond acceptors (Lipinski definition) is 3. The summed E-state index contributed by atoms with van der Waals surface area (Å²) in [6.07, 6.45) is 3.67. The third kappa shape index (κ3) is 4.42. The normalized spacial score (nSPS) is 17.4. The Morgan fingerprint density at radius 2 is 1.88 bits per heavy atom. The summed E-state index contributed by atoms with van der Waals surface area (Å²) >= 11 is 0. The van der Waals surface area contributed by atoms with E-state index in [0.717, 1.165) is 43.7 Å². The lowest BCUT2D eigenvalue weighted by Gasteiger charge is -2.31. The number of amides is 1. The van der Waals surface area contributed by atoms with Gasteiger partial charge in [0, 0.05) is 18.7 Å². The first kappa shape index (κ1) is 16.7. The van der Waals surface area contributed by atoms with Crippen molar-refractivity contribution in [3.8, 4) is 0 Å². The molecule has 0 bridgehead atoms. The van der Waals surface area contributed by atoms with Gasteiger partial charge in [-0.2, -0.15) is 0 Å². The summed E-state index contributed by atoms with van der Waals surface area (Å²) in [5.74, 6) is 0.306. The predicted octanol–water partition coefficient (Wildman–Crippen LogP) is 3.17. The van der Waals surface area contributed by atoms with Gasteiger partial charge in [0.1, 0.15) is 0 Å². The van der Waals surface area contributed by atoms with E-state index >= 15 is 0 Å². The highest BCUT2D eigenvalue weighted by Crippen LogP contribution is 2.20. The molecule has 1 fully saturated rings. The summed E-state index contributed by atoms with van der Waals surface area (Å²) in [5.41, 5.74) is 2.25. The molecule has 1 aliphatic heterocycles. The van der Waals surface area contributed by atoms with E-state index < -0.39 is 0 Å². The third-order valence-electron chi connectivity index (χ3n) is 4.73. The lowest BCUT2D eigenvalue weighted by Crippen LogP contribution is -2.41. The van der Waals surface area contributed by atoms with Crippen LogP contribution >= 0.6 is 0 Å². The number of nitrogens with one attached hydrogen (secondary N) is 1. The molecule has 4 heteroatoms. The molecule has 0 unspecified atom stereocenters. The Bertz CT molecular complexity index is 636. The second-order valence-electron chi connectivity index (χ2n) is 6.51. The SMILES string of the molecule is C[C@@H](NC(=O)C1CCN(Cc2ccccn2)CC1)c1ccccc1. The van der Waals surface area contributed by atoms with Gasteiger partial charge in [-0.3, -0.25) is 14.7 Å². The maximum absolute atomic E-state index is 12.5. The number of carbonyl (C=O) groups is 1. The fourth-order valence-corrected chi connectivity index (χ4v) is 3.23. The first-order chi connectivity index (χ1) is 11.7. The lowest BCUT2D eigenvalue weighted by molar-refractivity contribution is -0.127. The predicted molar refractivity (Wildman–Crippen MR) is 95.2 cm³/mol. The van der Waals surface area contributed by atoms with Crippen LogP contribution in [0, 0.1) is 5.92 Å². The summed E-state index contributed by atoms with van der Waals surface area (Å²) in [6, 6.07) is 16.2. The molecule has 24 heavy (non-hydrogen) atoms. The van der Waals surface area contributed by atoms with Crippen molar-refractivity contribution in [3.05, 3.63) is 66.0 Å². The van der Waals surface area contributed by atoms with Crippen LogP contribution in [0.15, 0.2) is 54.7 Å². The lowest BCUT2D eigenvalue weighted by atomic mass is 9.95. The van der Waals surface area contributed by atoms with Gasteiger partial charge in [0.2, 0.25) is 5.91 Å². The van der Waals surface area contributed by atoms with Crippen LogP contribution in [-0.2, 0) is 11.3 Å². The van der Waals surface area contributed by atoms with Crippen molar-refractivity contribution in [2.75, 3.05) is 13.1 Å². The second kappa shape index (κ2) is 8.06.